The van der Waals surface area contributed by atoms with Crippen LogP contribution < -0.4 is 20.9 Å². The molecule has 3 aromatic heterocycles. The fourth-order valence-electron chi connectivity index (χ4n) is 4.71. The molecule has 4 heterocycles. The summed E-state index contributed by atoms with van der Waals surface area (Å²) < 4.78 is 2.04. The highest BCUT2D eigenvalue weighted by atomic mass is 16.2. The smallest absolute Gasteiger partial charge is 0.272 e. The van der Waals surface area contributed by atoms with E-state index < -0.39 is 0 Å². The van der Waals surface area contributed by atoms with Crippen LogP contribution in [0.2, 0.25) is 0 Å². The van der Waals surface area contributed by atoms with Gasteiger partial charge in [-0.3, -0.25) is 9.78 Å². The van der Waals surface area contributed by atoms with Crippen LogP contribution >= 0.6 is 0 Å². The van der Waals surface area contributed by atoms with Gasteiger partial charge in [0.15, 0.2) is 0 Å². The van der Waals surface area contributed by atoms with Crippen LogP contribution in [0.5, 0.6) is 0 Å². The van der Waals surface area contributed by atoms with Gasteiger partial charge in [-0.2, -0.15) is 4.98 Å². The van der Waals surface area contributed by atoms with Crippen LogP contribution in [0.4, 0.5) is 23.0 Å². The van der Waals surface area contributed by atoms with Crippen LogP contribution in [0, 0.1) is 0 Å². The minimum atomic E-state index is -0.189. The number of rotatable bonds is 8. The minimum Gasteiger partial charge on any atom is -0.369 e. The van der Waals surface area contributed by atoms with E-state index in [4.69, 9.17) is 4.98 Å². The van der Waals surface area contributed by atoms with Gasteiger partial charge in [-0.15, -0.1) is 0 Å². The Labute approximate surface area is 211 Å². The van der Waals surface area contributed by atoms with Gasteiger partial charge in [0.05, 0.1) is 11.9 Å². The van der Waals surface area contributed by atoms with Crippen LogP contribution in [0.25, 0.3) is 11.0 Å². The molecule has 0 saturated carbocycles. The third kappa shape index (κ3) is 5.01. The van der Waals surface area contributed by atoms with Crippen molar-refractivity contribution in [2.24, 2.45) is 0 Å². The Kier molecular flexibility index (Phi) is 7.08. The predicted octanol–water partition coefficient (Wildman–Crippen LogP) is 4.59. The summed E-state index contributed by atoms with van der Waals surface area (Å²) in [5.74, 6) is 0.313. The molecule has 36 heavy (non-hydrogen) atoms. The number of amides is 1. The zero-order valence-electron chi connectivity index (χ0n) is 20.7. The molecule has 0 radical (unpaired) electrons. The number of fused-ring (bicyclic) bond motifs is 1. The molecule has 1 aliphatic rings. The van der Waals surface area contributed by atoms with Gasteiger partial charge < -0.3 is 25.4 Å². The number of aromatic nitrogens is 4. The third-order valence-electron chi connectivity index (χ3n) is 6.64. The van der Waals surface area contributed by atoms with Crippen molar-refractivity contribution in [3.8, 4) is 0 Å². The van der Waals surface area contributed by atoms with E-state index in [0.29, 0.717) is 17.3 Å². The highest BCUT2D eigenvalue weighted by Gasteiger charge is 2.22. The molecule has 4 aromatic rings. The van der Waals surface area contributed by atoms with Crippen molar-refractivity contribution in [1.29, 1.82) is 0 Å². The van der Waals surface area contributed by atoms with Gasteiger partial charge in [-0.05, 0) is 55.3 Å². The van der Waals surface area contributed by atoms with E-state index in [2.05, 4.69) is 68.9 Å². The lowest BCUT2D eigenvalue weighted by Gasteiger charge is -2.29. The molecule has 9 nitrogen and oxygen atoms in total. The lowest BCUT2D eigenvalue weighted by Crippen LogP contribution is -2.43. The van der Waals surface area contributed by atoms with E-state index in [-0.39, 0.29) is 11.9 Å². The van der Waals surface area contributed by atoms with Crippen molar-refractivity contribution < 1.29 is 4.79 Å². The number of pyridine rings is 1. The molecule has 3 N–H and O–H groups in total. The second-order valence-corrected chi connectivity index (χ2v) is 8.95. The molecule has 0 unspecified atom stereocenters. The molecule has 1 aliphatic heterocycles. The lowest BCUT2D eigenvalue weighted by atomic mass is 10.1. The molecular weight excluding hydrogens is 452 g/mol. The van der Waals surface area contributed by atoms with Gasteiger partial charge in [-0.25, -0.2) is 4.98 Å². The molecule has 5 rings (SSSR count). The summed E-state index contributed by atoms with van der Waals surface area (Å²) in [6.07, 6.45) is 6.86. The van der Waals surface area contributed by atoms with Crippen molar-refractivity contribution in [2.45, 2.75) is 32.7 Å². The molecule has 0 atom stereocenters. The van der Waals surface area contributed by atoms with Crippen molar-refractivity contribution in [1.82, 2.24) is 24.8 Å². The van der Waals surface area contributed by atoms with Crippen LogP contribution in [0.1, 0.15) is 43.2 Å². The monoisotopic (exact) mass is 484 g/mol. The van der Waals surface area contributed by atoms with Crippen molar-refractivity contribution in [3.05, 3.63) is 66.7 Å². The number of nitrogens with one attached hydrogen (secondary N) is 3. The molecular formula is C27H32N8O. The average Bonchev–Trinajstić information content (AvgIpc) is 3.30. The summed E-state index contributed by atoms with van der Waals surface area (Å²) in [7, 11) is 0. The number of nitrogens with zero attached hydrogens (tertiary/aromatic N) is 5. The standard InChI is InChI=1S/C27H32N8O/c1-3-22(4-2)35-24(26(36)31-21-6-5-11-29-18-21)16-19-17-30-27(33-25(19)35)32-20-7-9-23(10-8-20)34-14-12-28-13-15-34/h5-11,16-18,22,28H,3-4,12-15H2,1-2H3,(H,31,36)(H,30,32,33). The minimum absolute atomic E-state index is 0.137. The predicted molar refractivity (Wildman–Crippen MR) is 144 cm³/mol. The summed E-state index contributed by atoms with van der Waals surface area (Å²) in [6, 6.07) is 14.0. The van der Waals surface area contributed by atoms with Crippen LogP contribution in [-0.2, 0) is 0 Å². The first kappa shape index (κ1) is 23.7. The van der Waals surface area contributed by atoms with E-state index >= 15 is 0 Å². The Balaban J connectivity index is 1.43. The number of benzene rings is 1. The van der Waals surface area contributed by atoms with Gasteiger partial charge in [0.2, 0.25) is 5.95 Å². The van der Waals surface area contributed by atoms with E-state index in [0.717, 1.165) is 55.7 Å². The first-order chi connectivity index (χ1) is 17.7. The fourth-order valence-corrected chi connectivity index (χ4v) is 4.71. The zero-order valence-corrected chi connectivity index (χ0v) is 20.7. The van der Waals surface area contributed by atoms with Gasteiger partial charge in [0.25, 0.3) is 5.91 Å². The largest absolute Gasteiger partial charge is 0.369 e. The maximum Gasteiger partial charge on any atom is 0.272 e. The topological polar surface area (TPSA) is 100 Å². The van der Waals surface area contributed by atoms with Crippen molar-refractivity contribution >= 4 is 40.0 Å². The zero-order chi connectivity index (χ0) is 24.9. The summed E-state index contributed by atoms with van der Waals surface area (Å²) in [6.45, 7) is 8.29. The molecule has 1 aromatic carbocycles. The second-order valence-electron chi connectivity index (χ2n) is 8.95. The molecule has 186 valence electrons. The second kappa shape index (κ2) is 10.7. The average molecular weight is 485 g/mol. The highest BCUT2D eigenvalue weighted by molar-refractivity contribution is 6.06. The quantitative estimate of drug-likeness (QED) is 0.336. The van der Waals surface area contributed by atoms with Gasteiger partial charge in [0.1, 0.15) is 11.3 Å². The van der Waals surface area contributed by atoms with Gasteiger partial charge in [0, 0.05) is 61.4 Å². The van der Waals surface area contributed by atoms with E-state index in [9.17, 15) is 4.79 Å². The normalized spacial score (nSPS) is 13.8. The summed E-state index contributed by atoms with van der Waals surface area (Å²) in [5, 5.41) is 10.5. The number of carbonyl (C=O) groups is 1. The van der Waals surface area contributed by atoms with Crippen LogP contribution in [0.3, 0.4) is 0 Å². The van der Waals surface area contributed by atoms with Gasteiger partial charge in [-0.1, -0.05) is 13.8 Å². The third-order valence-corrected chi connectivity index (χ3v) is 6.64. The van der Waals surface area contributed by atoms with Crippen molar-refractivity contribution in [3.63, 3.8) is 0 Å². The van der Waals surface area contributed by atoms with E-state index in [1.165, 1.54) is 5.69 Å². The summed E-state index contributed by atoms with van der Waals surface area (Å²) >= 11 is 0. The Morgan fingerprint density at radius 3 is 2.53 bits per heavy atom. The number of hydrogen-bond donors (Lipinski definition) is 3. The van der Waals surface area contributed by atoms with Crippen LogP contribution in [0.15, 0.2) is 61.1 Å². The Morgan fingerprint density at radius 2 is 1.83 bits per heavy atom. The SMILES string of the molecule is CCC(CC)n1c(C(=O)Nc2cccnc2)cc2cnc(Nc3ccc(N4CCNCC4)cc3)nc21. The molecule has 1 amide bonds. The molecule has 0 bridgehead atoms. The first-order valence-corrected chi connectivity index (χ1v) is 12.6. The number of anilines is 4. The number of carbonyl (C=O) groups excluding carboxylic acids is 1. The maximum atomic E-state index is 13.2. The summed E-state index contributed by atoms with van der Waals surface area (Å²) in [4.78, 5) is 29.1. The number of piperazine rings is 1. The van der Waals surface area contributed by atoms with Crippen LogP contribution in [-0.4, -0.2) is 51.6 Å². The van der Waals surface area contributed by atoms with E-state index in [1.807, 2.05) is 16.7 Å². The molecule has 1 saturated heterocycles. The Morgan fingerprint density at radius 1 is 1.06 bits per heavy atom. The first-order valence-electron chi connectivity index (χ1n) is 12.6. The maximum absolute atomic E-state index is 13.2. The molecule has 0 aliphatic carbocycles. The highest BCUT2D eigenvalue weighted by Crippen LogP contribution is 2.28. The fraction of sp³-hybridized carbons (Fsp3) is 0.333. The molecule has 1 fully saturated rings. The molecule has 0 spiro atoms. The Bertz CT molecular complexity index is 1310. The van der Waals surface area contributed by atoms with Crippen molar-refractivity contribution in [2.75, 3.05) is 41.7 Å². The molecule has 9 heteroatoms. The van der Waals surface area contributed by atoms with Gasteiger partial charge >= 0.3 is 0 Å². The Hall–Kier alpha value is -3.98. The lowest BCUT2D eigenvalue weighted by molar-refractivity contribution is 0.101. The summed E-state index contributed by atoms with van der Waals surface area (Å²) in [5.41, 5.74) is 4.10. The number of hydrogen-bond acceptors (Lipinski definition) is 7. The van der Waals surface area contributed by atoms with E-state index in [1.54, 1.807) is 24.7 Å².